The molecule has 0 unspecified atom stereocenters. The molecule has 40 heavy (non-hydrogen) atoms. The number of rotatable bonds is 3. The first kappa shape index (κ1) is 22.9. The third kappa shape index (κ3) is 3.73. The Bertz CT molecular complexity index is 2240. The Kier molecular flexibility index (Phi) is 5.15. The number of furan rings is 1. The highest BCUT2D eigenvalue weighted by Gasteiger charge is 2.17. The highest BCUT2D eigenvalue weighted by molar-refractivity contribution is 6.28. The molecule has 0 saturated heterocycles. The average Bonchev–Trinajstić information content (AvgIpc) is 3.39. The molecule has 0 N–H and O–H groups in total. The number of fused-ring (bicyclic) bond motifs is 6. The van der Waals surface area contributed by atoms with Crippen LogP contribution in [0.2, 0.25) is 5.28 Å². The lowest BCUT2D eigenvalue weighted by Gasteiger charge is -2.08. The van der Waals surface area contributed by atoms with Gasteiger partial charge in [-0.3, -0.25) is 0 Å². The van der Waals surface area contributed by atoms with Crippen molar-refractivity contribution < 1.29 is 4.42 Å². The van der Waals surface area contributed by atoms with E-state index >= 15 is 0 Å². The molecular weight excluding hydrogens is 514 g/mol. The highest BCUT2D eigenvalue weighted by atomic mass is 35.5. The predicted octanol–water partition coefficient (Wildman–Crippen LogP) is 9.73. The van der Waals surface area contributed by atoms with Gasteiger partial charge in [0.25, 0.3) is 0 Å². The van der Waals surface area contributed by atoms with Crippen LogP contribution >= 0.6 is 11.6 Å². The van der Waals surface area contributed by atoms with Crippen LogP contribution in [-0.4, -0.2) is 15.0 Å². The molecule has 188 valence electrons. The number of hydrogen-bond donors (Lipinski definition) is 0. The molecule has 0 aliphatic rings. The van der Waals surface area contributed by atoms with Gasteiger partial charge in [-0.1, -0.05) is 97.1 Å². The van der Waals surface area contributed by atoms with Crippen LogP contribution in [0.5, 0.6) is 0 Å². The fourth-order valence-electron chi connectivity index (χ4n) is 5.56. The second kappa shape index (κ2) is 9.01. The normalized spacial score (nSPS) is 11.6. The van der Waals surface area contributed by atoms with Gasteiger partial charge in [-0.2, -0.15) is 9.97 Å². The Hall–Kier alpha value is -5.06. The van der Waals surface area contributed by atoms with Crippen molar-refractivity contribution in [3.05, 3.63) is 127 Å². The van der Waals surface area contributed by atoms with E-state index in [1.165, 1.54) is 21.5 Å². The van der Waals surface area contributed by atoms with E-state index < -0.39 is 0 Å². The van der Waals surface area contributed by atoms with E-state index in [9.17, 15) is 0 Å². The summed E-state index contributed by atoms with van der Waals surface area (Å²) < 4.78 is 6.27. The summed E-state index contributed by atoms with van der Waals surface area (Å²) in [4.78, 5) is 13.7. The number of hydrogen-bond acceptors (Lipinski definition) is 4. The fraction of sp³-hybridized carbons (Fsp3) is 0. The van der Waals surface area contributed by atoms with E-state index in [2.05, 4.69) is 76.7 Å². The lowest BCUT2D eigenvalue weighted by atomic mass is 9.96. The number of aromatic nitrogens is 3. The topological polar surface area (TPSA) is 51.8 Å². The van der Waals surface area contributed by atoms with E-state index in [0.29, 0.717) is 11.6 Å². The van der Waals surface area contributed by atoms with Gasteiger partial charge in [0.2, 0.25) is 5.28 Å². The van der Waals surface area contributed by atoms with Crippen LogP contribution in [0.25, 0.3) is 77.4 Å². The summed E-state index contributed by atoms with van der Waals surface area (Å²) in [6, 6.07) is 41.6. The van der Waals surface area contributed by atoms with Crippen molar-refractivity contribution >= 4 is 55.1 Å². The minimum absolute atomic E-state index is 0.151. The van der Waals surface area contributed by atoms with Crippen molar-refractivity contribution in [3.63, 3.8) is 0 Å². The smallest absolute Gasteiger partial charge is 0.226 e. The maximum Gasteiger partial charge on any atom is 0.226 e. The zero-order chi connectivity index (χ0) is 26.6. The second-order valence-corrected chi connectivity index (χ2v) is 10.2. The Morgan fingerprint density at radius 2 is 1.18 bits per heavy atom. The van der Waals surface area contributed by atoms with Crippen molar-refractivity contribution in [3.8, 4) is 33.9 Å². The molecule has 8 rings (SSSR count). The lowest BCUT2D eigenvalue weighted by Crippen LogP contribution is -1.97. The summed E-state index contributed by atoms with van der Waals surface area (Å²) in [5, 5.41) is 7.05. The van der Waals surface area contributed by atoms with Crippen LogP contribution in [0.15, 0.2) is 126 Å². The van der Waals surface area contributed by atoms with E-state index in [0.717, 1.165) is 44.2 Å². The van der Waals surface area contributed by atoms with Crippen molar-refractivity contribution in [2.75, 3.05) is 0 Å². The third-order valence-corrected chi connectivity index (χ3v) is 7.63. The monoisotopic (exact) mass is 533 g/mol. The molecule has 0 amide bonds. The van der Waals surface area contributed by atoms with Gasteiger partial charge >= 0.3 is 0 Å². The molecule has 0 spiro atoms. The summed E-state index contributed by atoms with van der Waals surface area (Å²) in [5.74, 6) is 1.04. The molecule has 6 aromatic carbocycles. The molecule has 2 aromatic heterocycles. The minimum Gasteiger partial charge on any atom is -0.456 e. The maximum absolute atomic E-state index is 6.40. The maximum atomic E-state index is 6.40. The van der Waals surface area contributed by atoms with Gasteiger partial charge in [-0.15, -0.1) is 0 Å². The molecule has 4 nitrogen and oxygen atoms in total. The Balaban J connectivity index is 1.33. The van der Waals surface area contributed by atoms with Crippen LogP contribution in [-0.2, 0) is 0 Å². The van der Waals surface area contributed by atoms with Gasteiger partial charge in [0.05, 0.1) is 0 Å². The van der Waals surface area contributed by atoms with Gasteiger partial charge in [-0.25, -0.2) is 4.98 Å². The lowest BCUT2D eigenvalue weighted by molar-refractivity contribution is 0.669. The predicted molar refractivity (Wildman–Crippen MR) is 163 cm³/mol. The van der Waals surface area contributed by atoms with Crippen molar-refractivity contribution in [1.29, 1.82) is 0 Å². The Labute approximate surface area is 234 Å². The first-order chi connectivity index (χ1) is 19.7. The van der Waals surface area contributed by atoms with Gasteiger partial charge in [0.1, 0.15) is 11.2 Å². The minimum atomic E-state index is 0.151. The van der Waals surface area contributed by atoms with Crippen molar-refractivity contribution in [2.24, 2.45) is 0 Å². The van der Waals surface area contributed by atoms with E-state index in [4.69, 9.17) is 21.0 Å². The third-order valence-electron chi connectivity index (χ3n) is 7.46. The largest absolute Gasteiger partial charge is 0.456 e. The molecule has 0 bridgehead atoms. The SMILES string of the molecule is Clc1nc(-c2ccccc2)nc(-c2cccc3oc4ccc(-c5ccc6ccc7ccccc7c6c5)cc4c23)n1. The fourth-order valence-corrected chi connectivity index (χ4v) is 5.72. The molecule has 0 aliphatic heterocycles. The summed E-state index contributed by atoms with van der Waals surface area (Å²) >= 11 is 6.40. The Morgan fingerprint density at radius 1 is 0.475 bits per heavy atom. The summed E-state index contributed by atoms with van der Waals surface area (Å²) in [7, 11) is 0. The first-order valence-electron chi connectivity index (χ1n) is 13.1. The molecule has 8 aromatic rings. The molecule has 5 heteroatoms. The molecule has 2 heterocycles. The van der Waals surface area contributed by atoms with Gasteiger partial charge < -0.3 is 4.42 Å². The zero-order valence-electron chi connectivity index (χ0n) is 21.2. The number of nitrogens with zero attached hydrogens (tertiary/aromatic N) is 3. The molecule has 0 fully saturated rings. The van der Waals surface area contributed by atoms with Crippen LogP contribution in [0, 0.1) is 0 Å². The summed E-state index contributed by atoms with van der Waals surface area (Å²) in [6.07, 6.45) is 0. The highest BCUT2D eigenvalue weighted by Crippen LogP contribution is 2.39. The van der Waals surface area contributed by atoms with Gasteiger partial charge in [0, 0.05) is 21.9 Å². The second-order valence-electron chi connectivity index (χ2n) is 9.83. The van der Waals surface area contributed by atoms with Crippen LogP contribution in [0.4, 0.5) is 0 Å². The molecule has 0 saturated carbocycles. The van der Waals surface area contributed by atoms with Gasteiger partial charge in [-0.05, 0) is 68.5 Å². The zero-order valence-corrected chi connectivity index (χ0v) is 21.9. The van der Waals surface area contributed by atoms with Crippen LogP contribution in [0.3, 0.4) is 0 Å². The van der Waals surface area contributed by atoms with Crippen molar-refractivity contribution in [1.82, 2.24) is 15.0 Å². The molecular formula is C35H20ClN3O. The van der Waals surface area contributed by atoms with E-state index in [-0.39, 0.29) is 5.28 Å². The quantitative estimate of drug-likeness (QED) is 0.212. The van der Waals surface area contributed by atoms with E-state index in [1.807, 2.05) is 54.6 Å². The molecule has 0 aliphatic carbocycles. The standard InChI is InChI=1S/C35H20ClN3O/c36-35-38-33(23-8-2-1-3-9-23)37-34(39-35)27-11-6-12-31-32(27)29-20-25(17-18-30(29)40-31)24-16-15-22-14-13-21-7-4-5-10-26(21)28(22)19-24/h1-20H. The van der Waals surface area contributed by atoms with Gasteiger partial charge in [0.15, 0.2) is 11.6 Å². The Morgan fingerprint density at radius 3 is 2.05 bits per heavy atom. The first-order valence-corrected chi connectivity index (χ1v) is 13.4. The number of halogens is 1. The molecule has 0 atom stereocenters. The summed E-state index contributed by atoms with van der Waals surface area (Å²) in [5.41, 5.74) is 5.56. The van der Waals surface area contributed by atoms with Crippen LogP contribution in [0.1, 0.15) is 0 Å². The van der Waals surface area contributed by atoms with E-state index in [1.54, 1.807) is 0 Å². The van der Waals surface area contributed by atoms with Crippen molar-refractivity contribution in [2.45, 2.75) is 0 Å². The number of benzene rings is 6. The average molecular weight is 534 g/mol. The molecule has 0 radical (unpaired) electrons. The van der Waals surface area contributed by atoms with Crippen LogP contribution < -0.4 is 0 Å². The summed E-state index contributed by atoms with van der Waals surface area (Å²) in [6.45, 7) is 0.